The van der Waals surface area contributed by atoms with Crippen LogP contribution >= 0.6 is 34.5 Å². The number of amides is 1. The fraction of sp³-hybridized carbons (Fsp3) is 0.0667. The van der Waals surface area contributed by atoms with Crippen molar-refractivity contribution in [2.24, 2.45) is 0 Å². The molecule has 21 heavy (non-hydrogen) atoms. The SMILES string of the molecule is O=C(Cc1ccccc1Cl)Nc1nc2ccc(Cl)cc2s1. The molecule has 0 bridgehead atoms. The molecule has 3 nitrogen and oxygen atoms in total. The van der Waals surface area contributed by atoms with Gasteiger partial charge in [-0.3, -0.25) is 4.79 Å². The molecule has 3 rings (SSSR count). The number of hydrogen-bond acceptors (Lipinski definition) is 3. The Morgan fingerprint density at radius 2 is 2.00 bits per heavy atom. The number of nitrogens with one attached hydrogen (secondary N) is 1. The fourth-order valence-electron chi connectivity index (χ4n) is 1.93. The molecule has 1 N–H and O–H groups in total. The summed E-state index contributed by atoms with van der Waals surface area (Å²) in [6.45, 7) is 0. The third-order valence-corrected chi connectivity index (χ3v) is 4.44. The van der Waals surface area contributed by atoms with Gasteiger partial charge in [0.15, 0.2) is 5.13 Å². The molecule has 3 aromatic rings. The predicted octanol–water partition coefficient (Wildman–Crippen LogP) is 4.78. The van der Waals surface area contributed by atoms with E-state index >= 15 is 0 Å². The second-order valence-corrected chi connectivity index (χ2v) is 6.32. The molecule has 0 aliphatic rings. The van der Waals surface area contributed by atoms with Crippen molar-refractivity contribution < 1.29 is 4.79 Å². The molecule has 106 valence electrons. The first-order valence-corrected chi connectivity index (χ1v) is 7.78. The number of halogens is 2. The molecular formula is C15H10Cl2N2OS. The maximum atomic E-state index is 12.0. The van der Waals surface area contributed by atoms with E-state index in [1.54, 1.807) is 12.1 Å². The number of anilines is 1. The maximum Gasteiger partial charge on any atom is 0.230 e. The Bertz CT molecular complexity index is 816. The van der Waals surface area contributed by atoms with E-state index in [0.717, 1.165) is 15.8 Å². The standard InChI is InChI=1S/C15H10Cl2N2OS/c16-10-5-6-12-13(8-10)21-15(18-12)19-14(20)7-9-3-1-2-4-11(9)17/h1-6,8H,7H2,(H,18,19,20). The third kappa shape index (κ3) is 3.35. The van der Waals surface area contributed by atoms with Gasteiger partial charge >= 0.3 is 0 Å². The Kier molecular flexibility index (Phi) is 4.10. The van der Waals surface area contributed by atoms with Crippen LogP contribution in [0.1, 0.15) is 5.56 Å². The van der Waals surface area contributed by atoms with E-state index in [1.165, 1.54) is 11.3 Å². The summed E-state index contributed by atoms with van der Waals surface area (Å²) in [7, 11) is 0. The highest BCUT2D eigenvalue weighted by Gasteiger charge is 2.10. The normalized spacial score (nSPS) is 10.8. The van der Waals surface area contributed by atoms with Crippen molar-refractivity contribution in [1.82, 2.24) is 4.98 Å². The van der Waals surface area contributed by atoms with Gasteiger partial charge < -0.3 is 5.32 Å². The second kappa shape index (κ2) is 6.02. The summed E-state index contributed by atoms with van der Waals surface area (Å²) >= 11 is 13.4. The molecule has 0 spiro atoms. The fourth-order valence-corrected chi connectivity index (χ4v) is 3.29. The Morgan fingerprint density at radius 1 is 1.19 bits per heavy atom. The number of nitrogens with zero attached hydrogens (tertiary/aromatic N) is 1. The summed E-state index contributed by atoms with van der Waals surface area (Å²) in [5, 5.41) is 4.59. The lowest BCUT2D eigenvalue weighted by atomic mass is 10.1. The van der Waals surface area contributed by atoms with Crippen molar-refractivity contribution in [2.45, 2.75) is 6.42 Å². The van der Waals surface area contributed by atoms with Crippen molar-refractivity contribution in [3.8, 4) is 0 Å². The number of hydrogen-bond donors (Lipinski definition) is 1. The molecule has 6 heteroatoms. The first-order valence-electron chi connectivity index (χ1n) is 6.21. The highest BCUT2D eigenvalue weighted by Crippen LogP contribution is 2.28. The van der Waals surface area contributed by atoms with Crippen LogP contribution in [0.15, 0.2) is 42.5 Å². The average molecular weight is 337 g/mol. The summed E-state index contributed by atoms with van der Waals surface area (Å²) < 4.78 is 0.940. The van der Waals surface area contributed by atoms with Crippen molar-refractivity contribution in [1.29, 1.82) is 0 Å². The van der Waals surface area contributed by atoms with Crippen molar-refractivity contribution in [3.05, 3.63) is 58.1 Å². The Labute approximate surface area is 135 Å². The number of carbonyl (C=O) groups excluding carboxylic acids is 1. The van der Waals surface area contributed by atoms with Gasteiger partial charge in [-0.15, -0.1) is 0 Å². The van der Waals surface area contributed by atoms with E-state index in [2.05, 4.69) is 10.3 Å². The molecule has 2 aromatic carbocycles. The molecule has 1 amide bonds. The molecule has 0 aliphatic heterocycles. The van der Waals surface area contributed by atoms with Gasteiger partial charge in [-0.25, -0.2) is 4.98 Å². The minimum absolute atomic E-state index is 0.145. The van der Waals surface area contributed by atoms with E-state index in [0.29, 0.717) is 15.2 Å². The molecule has 0 fully saturated rings. The van der Waals surface area contributed by atoms with Crippen LogP contribution < -0.4 is 5.32 Å². The van der Waals surface area contributed by atoms with Crippen LogP contribution in [0.3, 0.4) is 0 Å². The molecule has 0 unspecified atom stereocenters. The van der Waals surface area contributed by atoms with Crippen LogP contribution in [0.2, 0.25) is 10.0 Å². The van der Waals surface area contributed by atoms with Crippen LogP contribution in [-0.4, -0.2) is 10.9 Å². The number of benzene rings is 2. The van der Waals surface area contributed by atoms with Gasteiger partial charge in [0.2, 0.25) is 5.91 Å². The number of carbonyl (C=O) groups is 1. The molecule has 1 heterocycles. The molecular weight excluding hydrogens is 327 g/mol. The van der Waals surface area contributed by atoms with Crippen LogP contribution in [0.5, 0.6) is 0 Å². The van der Waals surface area contributed by atoms with Gasteiger partial charge in [-0.05, 0) is 29.8 Å². The largest absolute Gasteiger partial charge is 0.302 e. The van der Waals surface area contributed by atoms with Crippen LogP contribution in [0, 0.1) is 0 Å². The number of thiazole rings is 1. The van der Waals surface area contributed by atoms with Gasteiger partial charge in [-0.1, -0.05) is 52.7 Å². The lowest BCUT2D eigenvalue weighted by Gasteiger charge is -2.03. The number of rotatable bonds is 3. The van der Waals surface area contributed by atoms with E-state index in [9.17, 15) is 4.79 Å². The van der Waals surface area contributed by atoms with Crippen LogP contribution in [0.25, 0.3) is 10.2 Å². The van der Waals surface area contributed by atoms with Gasteiger partial charge in [0.1, 0.15) is 0 Å². The van der Waals surface area contributed by atoms with Gasteiger partial charge in [-0.2, -0.15) is 0 Å². The smallest absolute Gasteiger partial charge is 0.230 e. The Balaban J connectivity index is 1.75. The summed E-state index contributed by atoms with van der Waals surface area (Å²) in [5.74, 6) is -0.145. The molecule has 0 saturated carbocycles. The number of fused-ring (bicyclic) bond motifs is 1. The van der Waals surface area contributed by atoms with E-state index in [1.807, 2.05) is 30.3 Å². The summed E-state index contributed by atoms with van der Waals surface area (Å²) in [4.78, 5) is 16.4. The monoisotopic (exact) mass is 336 g/mol. The lowest BCUT2D eigenvalue weighted by Crippen LogP contribution is -2.14. The van der Waals surface area contributed by atoms with Crippen LogP contribution in [-0.2, 0) is 11.2 Å². The Morgan fingerprint density at radius 3 is 2.81 bits per heavy atom. The zero-order valence-corrected chi connectivity index (χ0v) is 13.1. The van der Waals surface area contributed by atoms with Gasteiger partial charge in [0.05, 0.1) is 16.6 Å². The third-order valence-electron chi connectivity index (χ3n) is 2.91. The van der Waals surface area contributed by atoms with Crippen molar-refractivity contribution >= 4 is 55.8 Å². The van der Waals surface area contributed by atoms with E-state index in [-0.39, 0.29) is 12.3 Å². The zero-order chi connectivity index (χ0) is 14.8. The van der Waals surface area contributed by atoms with E-state index in [4.69, 9.17) is 23.2 Å². The molecule has 0 saturated heterocycles. The van der Waals surface area contributed by atoms with Gasteiger partial charge in [0.25, 0.3) is 0 Å². The predicted molar refractivity (Wildman–Crippen MR) is 88.4 cm³/mol. The molecule has 1 aromatic heterocycles. The van der Waals surface area contributed by atoms with Crippen molar-refractivity contribution in [3.63, 3.8) is 0 Å². The zero-order valence-electron chi connectivity index (χ0n) is 10.8. The second-order valence-electron chi connectivity index (χ2n) is 4.45. The maximum absolute atomic E-state index is 12.0. The van der Waals surface area contributed by atoms with E-state index < -0.39 is 0 Å². The first-order chi connectivity index (χ1) is 10.1. The minimum atomic E-state index is -0.145. The first kappa shape index (κ1) is 14.3. The highest BCUT2D eigenvalue weighted by atomic mass is 35.5. The number of aromatic nitrogens is 1. The highest BCUT2D eigenvalue weighted by molar-refractivity contribution is 7.22. The molecule has 0 atom stereocenters. The average Bonchev–Trinajstić information content (AvgIpc) is 2.82. The van der Waals surface area contributed by atoms with Gasteiger partial charge in [0, 0.05) is 10.0 Å². The molecule has 0 radical (unpaired) electrons. The topological polar surface area (TPSA) is 42.0 Å². The summed E-state index contributed by atoms with van der Waals surface area (Å²) in [6, 6.07) is 12.7. The summed E-state index contributed by atoms with van der Waals surface area (Å²) in [5.41, 5.74) is 1.61. The Hall–Kier alpha value is -1.62. The quantitative estimate of drug-likeness (QED) is 0.747. The molecule has 0 aliphatic carbocycles. The minimum Gasteiger partial charge on any atom is -0.302 e. The lowest BCUT2D eigenvalue weighted by molar-refractivity contribution is -0.115. The van der Waals surface area contributed by atoms with Crippen molar-refractivity contribution in [2.75, 3.05) is 5.32 Å². The van der Waals surface area contributed by atoms with Crippen LogP contribution in [0.4, 0.5) is 5.13 Å². The summed E-state index contributed by atoms with van der Waals surface area (Å²) in [6.07, 6.45) is 0.219.